The fourth-order valence-electron chi connectivity index (χ4n) is 3.84. The van der Waals surface area contributed by atoms with Crippen LogP contribution in [0.2, 0.25) is 0 Å². The Morgan fingerprint density at radius 1 is 1.20 bits per heavy atom. The molecule has 1 saturated heterocycles. The molecule has 0 atom stereocenters. The van der Waals surface area contributed by atoms with Crippen molar-refractivity contribution in [3.63, 3.8) is 0 Å². The highest BCUT2D eigenvalue weighted by Gasteiger charge is 2.41. The molecule has 0 unspecified atom stereocenters. The van der Waals surface area contributed by atoms with Crippen LogP contribution in [0.4, 0.5) is 0 Å². The lowest BCUT2D eigenvalue weighted by Gasteiger charge is -2.46. The maximum Gasteiger partial charge on any atom is 0.274 e. The van der Waals surface area contributed by atoms with Gasteiger partial charge in [-0.3, -0.25) is 14.8 Å². The highest BCUT2D eigenvalue weighted by molar-refractivity contribution is 5.93. The van der Waals surface area contributed by atoms with Crippen LogP contribution < -0.4 is 10.2 Å². The van der Waals surface area contributed by atoms with Gasteiger partial charge in [-0.05, 0) is 31.0 Å². The highest BCUT2D eigenvalue weighted by atomic mass is 16.5. The Morgan fingerprint density at radius 3 is 2.68 bits per heavy atom. The highest BCUT2D eigenvalue weighted by Crippen LogP contribution is 2.38. The summed E-state index contributed by atoms with van der Waals surface area (Å²) in [6.07, 6.45) is 3.36. The summed E-state index contributed by atoms with van der Waals surface area (Å²) in [5.41, 5.74) is 2.79. The first-order valence-electron chi connectivity index (χ1n) is 8.78. The summed E-state index contributed by atoms with van der Waals surface area (Å²) in [6, 6.07) is 5.25. The molecule has 3 heterocycles. The van der Waals surface area contributed by atoms with Crippen molar-refractivity contribution >= 4 is 11.8 Å². The number of nitrogens with one attached hydrogen (secondary N) is 1. The molecule has 1 aromatic carbocycles. The topological polar surface area (TPSA) is 88.1 Å². The van der Waals surface area contributed by atoms with Crippen LogP contribution in [-0.2, 0) is 16.1 Å². The zero-order chi connectivity index (χ0) is 17.4. The third kappa shape index (κ3) is 3.09. The van der Waals surface area contributed by atoms with Gasteiger partial charge in [0, 0.05) is 55.7 Å². The number of hydrogen-bond acceptors (Lipinski definition) is 5. The lowest BCUT2D eigenvalue weighted by molar-refractivity contribution is -0.146. The van der Waals surface area contributed by atoms with E-state index in [9.17, 15) is 9.59 Å². The Labute approximate surface area is 145 Å². The SMILES string of the molecule is O=C(NO)c1ccc2c(c1)CN(C(=O)C1CCOCC1)C1CC(C1)O2. The summed E-state index contributed by atoms with van der Waals surface area (Å²) in [5, 5.41) is 8.85. The number of nitrogens with zero attached hydrogens (tertiary/aromatic N) is 1. The van der Waals surface area contributed by atoms with Gasteiger partial charge in [0.25, 0.3) is 5.91 Å². The molecule has 1 aliphatic carbocycles. The fraction of sp³-hybridized carbons (Fsp3) is 0.556. The minimum atomic E-state index is -0.572. The number of amides is 2. The number of carbonyl (C=O) groups excluding carboxylic acids is 2. The van der Waals surface area contributed by atoms with Gasteiger partial charge in [-0.1, -0.05) is 0 Å². The molecule has 7 nitrogen and oxygen atoms in total. The molecule has 1 aromatic rings. The number of ether oxygens (including phenoxy) is 2. The summed E-state index contributed by atoms with van der Waals surface area (Å²) >= 11 is 0. The summed E-state index contributed by atoms with van der Waals surface area (Å²) in [4.78, 5) is 26.7. The van der Waals surface area contributed by atoms with Gasteiger partial charge in [-0.15, -0.1) is 0 Å². The first kappa shape index (κ1) is 16.4. The first-order chi connectivity index (χ1) is 12.2. The van der Waals surface area contributed by atoms with Crippen LogP contribution in [-0.4, -0.2) is 47.3 Å². The van der Waals surface area contributed by atoms with E-state index in [2.05, 4.69) is 0 Å². The van der Waals surface area contributed by atoms with Gasteiger partial charge >= 0.3 is 0 Å². The standard InChI is InChI=1S/C18H22N2O5/c21-17(19-23)12-1-2-16-13(7-12)10-20(14-8-15(9-14)25-16)18(22)11-3-5-24-6-4-11/h1-2,7,11,14-15,23H,3-6,8-10H2,(H,19,21). The number of hydrogen-bond donors (Lipinski definition) is 2. The minimum Gasteiger partial charge on any atom is -0.490 e. The molecule has 25 heavy (non-hydrogen) atoms. The Morgan fingerprint density at radius 2 is 1.96 bits per heavy atom. The molecule has 134 valence electrons. The molecule has 2 bridgehead atoms. The molecule has 0 aromatic heterocycles. The van der Waals surface area contributed by atoms with Crippen LogP contribution in [0.1, 0.15) is 41.6 Å². The number of hydroxylamine groups is 1. The lowest BCUT2D eigenvalue weighted by atomic mass is 9.84. The predicted molar refractivity (Wildman–Crippen MR) is 87.2 cm³/mol. The maximum atomic E-state index is 13.0. The third-order valence-corrected chi connectivity index (χ3v) is 5.42. The van der Waals surface area contributed by atoms with Crippen molar-refractivity contribution in [2.75, 3.05) is 13.2 Å². The van der Waals surface area contributed by atoms with E-state index in [-0.39, 0.29) is 24.0 Å². The Kier molecular flexibility index (Phi) is 4.35. The second-order valence-corrected chi connectivity index (χ2v) is 6.98. The van der Waals surface area contributed by atoms with E-state index in [0.29, 0.717) is 31.1 Å². The minimum absolute atomic E-state index is 0.0144. The Bertz CT molecular complexity index is 680. The molecule has 1 saturated carbocycles. The fourth-order valence-corrected chi connectivity index (χ4v) is 3.84. The van der Waals surface area contributed by atoms with E-state index in [1.807, 2.05) is 4.90 Å². The second-order valence-electron chi connectivity index (χ2n) is 6.98. The molecular formula is C18H22N2O5. The second kappa shape index (κ2) is 6.65. The average Bonchev–Trinajstić information content (AvgIpc) is 2.60. The van der Waals surface area contributed by atoms with E-state index in [4.69, 9.17) is 14.7 Å². The zero-order valence-electron chi connectivity index (χ0n) is 13.9. The van der Waals surface area contributed by atoms with Gasteiger partial charge in [0.1, 0.15) is 11.9 Å². The van der Waals surface area contributed by atoms with Crippen LogP contribution in [0.15, 0.2) is 18.2 Å². The molecule has 7 heteroatoms. The van der Waals surface area contributed by atoms with Crippen molar-refractivity contribution in [1.29, 1.82) is 0 Å². The van der Waals surface area contributed by atoms with Gasteiger partial charge < -0.3 is 14.4 Å². The average molecular weight is 346 g/mol. The first-order valence-corrected chi connectivity index (χ1v) is 8.78. The number of carbonyl (C=O) groups is 2. The molecule has 3 aliphatic heterocycles. The van der Waals surface area contributed by atoms with E-state index in [0.717, 1.165) is 31.2 Å². The summed E-state index contributed by atoms with van der Waals surface area (Å²) in [7, 11) is 0. The zero-order valence-corrected chi connectivity index (χ0v) is 13.9. The number of benzene rings is 1. The monoisotopic (exact) mass is 346 g/mol. The molecule has 4 aliphatic rings. The number of fused-ring (bicyclic) bond motifs is 1. The van der Waals surface area contributed by atoms with Crippen molar-refractivity contribution in [1.82, 2.24) is 10.4 Å². The van der Waals surface area contributed by atoms with E-state index in [1.54, 1.807) is 23.7 Å². The molecular weight excluding hydrogens is 324 g/mol. The van der Waals surface area contributed by atoms with Crippen molar-refractivity contribution in [2.45, 2.75) is 44.4 Å². The van der Waals surface area contributed by atoms with Crippen LogP contribution in [0.25, 0.3) is 0 Å². The van der Waals surface area contributed by atoms with Gasteiger partial charge in [0.05, 0.1) is 0 Å². The summed E-state index contributed by atoms with van der Waals surface area (Å²) < 4.78 is 11.4. The maximum absolute atomic E-state index is 13.0. The molecule has 5 rings (SSSR count). The van der Waals surface area contributed by atoms with Crippen molar-refractivity contribution in [2.24, 2.45) is 5.92 Å². The Balaban J connectivity index is 1.61. The summed E-state index contributed by atoms with van der Waals surface area (Å²) in [6.45, 7) is 1.70. The smallest absolute Gasteiger partial charge is 0.274 e. The van der Waals surface area contributed by atoms with Crippen LogP contribution >= 0.6 is 0 Å². The lowest BCUT2D eigenvalue weighted by Crippen LogP contribution is -2.54. The normalized spacial score (nSPS) is 25.7. The van der Waals surface area contributed by atoms with Crippen molar-refractivity contribution < 1.29 is 24.3 Å². The molecule has 2 N–H and O–H groups in total. The predicted octanol–water partition coefficient (Wildman–Crippen LogP) is 1.48. The van der Waals surface area contributed by atoms with Gasteiger partial charge in [0.2, 0.25) is 5.91 Å². The van der Waals surface area contributed by atoms with Crippen molar-refractivity contribution in [3.8, 4) is 5.75 Å². The van der Waals surface area contributed by atoms with Gasteiger partial charge in [-0.2, -0.15) is 0 Å². The molecule has 2 amide bonds. The third-order valence-electron chi connectivity index (χ3n) is 5.42. The molecule has 0 spiro atoms. The van der Waals surface area contributed by atoms with Gasteiger partial charge in [0.15, 0.2) is 0 Å². The van der Waals surface area contributed by atoms with E-state index in [1.165, 1.54) is 0 Å². The largest absolute Gasteiger partial charge is 0.490 e. The van der Waals surface area contributed by atoms with Crippen molar-refractivity contribution in [3.05, 3.63) is 29.3 Å². The van der Waals surface area contributed by atoms with E-state index < -0.39 is 5.91 Å². The van der Waals surface area contributed by atoms with E-state index >= 15 is 0 Å². The Hall–Kier alpha value is -2.12. The quantitative estimate of drug-likeness (QED) is 0.626. The van der Waals surface area contributed by atoms with Crippen LogP contribution in [0, 0.1) is 5.92 Å². The van der Waals surface area contributed by atoms with Crippen LogP contribution in [0.5, 0.6) is 5.75 Å². The van der Waals surface area contributed by atoms with Crippen LogP contribution in [0.3, 0.4) is 0 Å². The summed E-state index contributed by atoms with van der Waals surface area (Å²) in [5.74, 6) is 0.330. The van der Waals surface area contributed by atoms with Gasteiger partial charge in [-0.25, -0.2) is 5.48 Å². The molecule has 0 radical (unpaired) electrons. The molecule has 2 fully saturated rings. The number of rotatable bonds is 2.